The fourth-order valence-electron chi connectivity index (χ4n) is 2.86. The lowest BCUT2D eigenvalue weighted by Crippen LogP contribution is -2.30. The molecule has 1 atom stereocenters. The standard InChI is InChI=1S/C18H15FN2O3/c1-11(22)15-16(13-4-6-14(19)7-5-13)21(18(24)17(15)23)10-12-3-2-8-20-9-12/h2-9,16,23H,10H2,1H3. The Labute approximate surface area is 138 Å². The summed E-state index contributed by atoms with van der Waals surface area (Å²) in [6.45, 7) is 1.47. The highest BCUT2D eigenvalue weighted by atomic mass is 19.1. The molecule has 0 aliphatic carbocycles. The lowest BCUT2D eigenvalue weighted by atomic mass is 9.96. The number of carbonyl (C=O) groups excluding carboxylic acids is 2. The second-order valence-electron chi connectivity index (χ2n) is 5.57. The summed E-state index contributed by atoms with van der Waals surface area (Å²) in [4.78, 5) is 29.8. The van der Waals surface area contributed by atoms with Gasteiger partial charge in [0, 0.05) is 18.9 Å². The predicted octanol–water partition coefficient (Wildman–Crippen LogP) is 2.71. The molecule has 1 amide bonds. The largest absolute Gasteiger partial charge is 0.503 e. The molecule has 0 saturated heterocycles. The second kappa shape index (κ2) is 6.23. The van der Waals surface area contributed by atoms with Crippen molar-refractivity contribution >= 4 is 11.7 Å². The topological polar surface area (TPSA) is 70.5 Å². The smallest absolute Gasteiger partial charge is 0.290 e. The van der Waals surface area contributed by atoms with E-state index in [1.807, 2.05) is 0 Å². The summed E-state index contributed by atoms with van der Waals surface area (Å²) in [6, 6.07) is 8.31. The van der Waals surface area contributed by atoms with E-state index in [-0.39, 0.29) is 12.1 Å². The Morgan fingerprint density at radius 3 is 2.58 bits per heavy atom. The third-order valence-corrected chi connectivity index (χ3v) is 3.94. The first-order valence-electron chi connectivity index (χ1n) is 7.38. The molecule has 3 rings (SSSR count). The molecule has 122 valence electrons. The van der Waals surface area contributed by atoms with Crippen LogP contribution in [0.1, 0.15) is 24.1 Å². The Hall–Kier alpha value is -3.02. The van der Waals surface area contributed by atoms with E-state index >= 15 is 0 Å². The van der Waals surface area contributed by atoms with E-state index in [1.54, 1.807) is 24.5 Å². The number of aromatic nitrogens is 1. The van der Waals surface area contributed by atoms with Crippen LogP contribution in [0.5, 0.6) is 0 Å². The first-order valence-corrected chi connectivity index (χ1v) is 7.38. The highest BCUT2D eigenvalue weighted by molar-refractivity contribution is 6.08. The van der Waals surface area contributed by atoms with Crippen molar-refractivity contribution in [2.24, 2.45) is 0 Å². The number of hydrogen-bond donors (Lipinski definition) is 1. The van der Waals surface area contributed by atoms with E-state index in [4.69, 9.17) is 0 Å². The van der Waals surface area contributed by atoms with E-state index in [0.717, 1.165) is 5.56 Å². The summed E-state index contributed by atoms with van der Waals surface area (Å²) in [6.07, 6.45) is 3.22. The maximum atomic E-state index is 13.2. The van der Waals surface area contributed by atoms with Crippen molar-refractivity contribution in [1.82, 2.24) is 9.88 Å². The molecule has 1 aromatic carbocycles. The molecule has 0 saturated carbocycles. The number of hydrogen-bond acceptors (Lipinski definition) is 4. The molecule has 2 aromatic rings. The van der Waals surface area contributed by atoms with Gasteiger partial charge in [-0.3, -0.25) is 14.6 Å². The van der Waals surface area contributed by atoms with Crippen LogP contribution in [-0.4, -0.2) is 26.7 Å². The highest BCUT2D eigenvalue weighted by Crippen LogP contribution is 2.38. The molecule has 1 unspecified atom stereocenters. The summed E-state index contributed by atoms with van der Waals surface area (Å²) in [5.41, 5.74) is 1.34. The van der Waals surface area contributed by atoms with Gasteiger partial charge in [0.15, 0.2) is 11.5 Å². The average Bonchev–Trinajstić information content (AvgIpc) is 2.82. The molecule has 5 nitrogen and oxygen atoms in total. The zero-order chi connectivity index (χ0) is 17.3. The minimum atomic E-state index is -0.754. The van der Waals surface area contributed by atoms with Crippen LogP contribution in [0.25, 0.3) is 0 Å². The Bertz CT molecular complexity index is 816. The van der Waals surface area contributed by atoms with Crippen LogP contribution in [0.2, 0.25) is 0 Å². The van der Waals surface area contributed by atoms with E-state index in [2.05, 4.69) is 4.98 Å². The van der Waals surface area contributed by atoms with E-state index in [9.17, 15) is 19.1 Å². The van der Waals surface area contributed by atoms with Crippen molar-refractivity contribution in [3.8, 4) is 0 Å². The average molecular weight is 326 g/mol. The summed E-state index contributed by atoms with van der Waals surface area (Å²) in [7, 11) is 0. The SMILES string of the molecule is CC(=O)C1=C(O)C(=O)N(Cc2cccnc2)C1c1ccc(F)cc1. The number of carbonyl (C=O) groups is 2. The Morgan fingerprint density at radius 1 is 1.29 bits per heavy atom. The maximum Gasteiger partial charge on any atom is 0.290 e. The third kappa shape index (κ3) is 2.78. The van der Waals surface area contributed by atoms with Crippen LogP contribution >= 0.6 is 0 Å². The second-order valence-corrected chi connectivity index (χ2v) is 5.57. The van der Waals surface area contributed by atoms with Crippen molar-refractivity contribution in [3.63, 3.8) is 0 Å². The zero-order valence-corrected chi connectivity index (χ0v) is 12.9. The third-order valence-electron chi connectivity index (χ3n) is 3.94. The van der Waals surface area contributed by atoms with Gasteiger partial charge in [-0.15, -0.1) is 0 Å². The number of benzene rings is 1. The van der Waals surface area contributed by atoms with Crippen LogP contribution in [0.4, 0.5) is 4.39 Å². The van der Waals surface area contributed by atoms with Crippen LogP contribution in [0.15, 0.2) is 60.1 Å². The fourth-order valence-corrected chi connectivity index (χ4v) is 2.86. The lowest BCUT2D eigenvalue weighted by Gasteiger charge is -2.26. The van der Waals surface area contributed by atoms with Crippen molar-refractivity contribution in [3.05, 3.63) is 77.1 Å². The predicted molar refractivity (Wildman–Crippen MR) is 84.3 cm³/mol. The molecule has 1 N–H and O–H groups in total. The van der Waals surface area contributed by atoms with Gasteiger partial charge in [-0.25, -0.2) is 4.39 Å². The molecular weight excluding hydrogens is 311 g/mol. The van der Waals surface area contributed by atoms with Gasteiger partial charge in [0.05, 0.1) is 11.6 Å². The molecule has 1 aromatic heterocycles. The number of aliphatic hydroxyl groups excluding tert-OH is 1. The molecule has 0 fully saturated rings. The number of rotatable bonds is 4. The molecule has 0 spiro atoms. The molecule has 1 aliphatic heterocycles. The van der Waals surface area contributed by atoms with Crippen molar-refractivity contribution in [1.29, 1.82) is 0 Å². The van der Waals surface area contributed by atoms with Crippen molar-refractivity contribution in [2.75, 3.05) is 0 Å². The maximum absolute atomic E-state index is 13.2. The molecule has 24 heavy (non-hydrogen) atoms. The number of nitrogens with zero attached hydrogens (tertiary/aromatic N) is 2. The highest BCUT2D eigenvalue weighted by Gasteiger charge is 2.42. The van der Waals surface area contributed by atoms with Crippen LogP contribution in [-0.2, 0) is 16.1 Å². The van der Waals surface area contributed by atoms with Gasteiger partial charge < -0.3 is 10.0 Å². The zero-order valence-electron chi connectivity index (χ0n) is 12.9. The molecule has 2 heterocycles. The minimum Gasteiger partial charge on any atom is -0.503 e. The summed E-state index contributed by atoms with van der Waals surface area (Å²) in [5.74, 6) is -2.00. The van der Waals surface area contributed by atoms with Gasteiger partial charge in [0.25, 0.3) is 5.91 Å². The molecule has 6 heteroatoms. The lowest BCUT2D eigenvalue weighted by molar-refractivity contribution is -0.130. The first-order chi connectivity index (χ1) is 11.5. The van der Waals surface area contributed by atoms with E-state index in [0.29, 0.717) is 5.56 Å². The van der Waals surface area contributed by atoms with Crippen LogP contribution in [0, 0.1) is 5.82 Å². The first kappa shape index (κ1) is 15.9. The van der Waals surface area contributed by atoms with Gasteiger partial charge in [0.2, 0.25) is 0 Å². The Kier molecular flexibility index (Phi) is 4.12. The van der Waals surface area contributed by atoms with Gasteiger partial charge in [-0.05, 0) is 36.2 Å². The minimum absolute atomic E-state index is 0.0236. The van der Waals surface area contributed by atoms with Gasteiger partial charge in [-0.1, -0.05) is 18.2 Å². The van der Waals surface area contributed by atoms with Crippen molar-refractivity contribution in [2.45, 2.75) is 19.5 Å². The van der Waals surface area contributed by atoms with Gasteiger partial charge in [0.1, 0.15) is 5.82 Å². The Morgan fingerprint density at radius 2 is 2.00 bits per heavy atom. The number of pyridine rings is 1. The van der Waals surface area contributed by atoms with Crippen LogP contribution < -0.4 is 0 Å². The van der Waals surface area contributed by atoms with Crippen molar-refractivity contribution < 1.29 is 19.1 Å². The van der Waals surface area contributed by atoms with Gasteiger partial charge in [-0.2, -0.15) is 0 Å². The quantitative estimate of drug-likeness (QED) is 0.938. The fraction of sp³-hybridized carbons (Fsp3) is 0.167. The number of aliphatic hydroxyl groups is 1. The molecule has 0 bridgehead atoms. The summed E-state index contributed by atoms with van der Waals surface area (Å²) in [5, 5.41) is 10.1. The number of amides is 1. The number of halogens is 1. The summed E-state index contributed by atoms with van der Waals surface area (Å²) >= 11 is 0. The number of ketones is 1. The van der Waals surface area contributed by atoms with E-state index in [1.165, 1.54) is 36.1 Å². The molecule has 1 aliphatic rings. The normalized spacial score (nSPS) is 17.5. The Balaban J connectivity index is 2.04. The van der Waals surface area contributed by atoms with Gasteiger partial charge >= 0.3 is 0 Å². The number of Topliss-reactive ketones (excluding diaryl/α,β-unsaturated/α-hetero) is 1. The van der Waals surface area contributed by atoms with E-state index < -0.39 is 29.3 Å². The summed E-state index contributed by atoms with van der Waals surface area (Å²) < 4.78 is 13.2. The monoisotopic (exact) mass is 326 g/mol. The van der Waals surface area contributed by atoms with Crippen LogP contribution in [0.3, 0.4) is 0 Å². The molecule has 0 radical (unpaired) electrons. The molecular formula is C18H15FN2O3.